The molecule has 1 rings (SSSR count). The van der Waals surface area contributed by atoms with Crippen LogP contribution in [0.3, 0.4) is 0 Å². The van der Waals surface area contributed by atoms with Gasteiger partial charge in [0.05, 0.1) is 5.69 Å². The zero-order chi connectivity index (χ0) is 13.0. The van der Waals surface area contributed by atoms with Gasteiger partial charge in [-0.05, 0) is 12.8 Å². The average molecular weight is 240 g/mol. The van der Waals surface area contributed by atoms with Crippen molar-refractivity contribution in [3.05, 3.63) is 17.3 Å². The van der Waals surface area contributed by atoms with Crippen LogP contribution in [0.1, 0.15) is 35.5 Å². The van der Waals surface area contributed by atoms with Crippen LogP contribution in [0.25, 0.3) is 0 Å². The summed E-state index contributed by atoms with van der Waals surface area (Å²) in [5.41, 5.74) is 0.533. The molecule has 0 unspecified atom stereocenters. The number of carbonyl (C=O) groups is 2. The Morgan fingerprint density at radius 3 is 2.59 bits per heavy atom. The van der Waals surface area contributed by atoms with Crippen molar-refractivity contribution in [1.82, 2.24) is 10.3 Å². The number of nitrogens with one attached hydrogen (secondary N) is 1. The minimum atomic E-state index is -0.876. The van der Waals surface area contributed by atoms with Crippen LogP contribution in [0, 0.1) is 19.8 Å². The first-order chi connectivity index (χ1) is 7.90. The Morgan fingerprint density at radius 2 is 2.12 bits per heavy atom. The number of carboxylic acids is 1. The molecule has 0 saturated heterocycles. The number of carbonyl (C=O) groups excluding carboxylic acids is 1. The van der Waals surface area contributed by atoms with Crippen LogP contribution in [-0.2, 0) is 4.79 Å². The van der Waals surface area contributed by atoms with E-state index < -0.39 is 5.97 Å². The molecule has 0 radical (unpaired) electrons. The maximum atomic E-state index is 11.7. The quantitative estimate of drug-likeness (QED) is 0.804. The van der Waals surface area contributed by atoms with Gasteiger partial charge in [0, 0.05) is 19.9 Å². The Morgan fingerprint density at radius 1 is 1.47 bits per heavy atom. The van der Waals surface area contributed by atoms with E-state index >= 15 is 0 Å². The number of hydrogen-bond donors (Lipinski definition) is 2. The van der Waals surface area contributed by atoms with Gasteiger partial charge in [-0.3, -0.25) is 9.59 Å². The Labute approximate surface area is 99.0 Å². The third kappa shape index (κ3) is 3.90. The monoisotopic (exact) mass is 240 g/mol. The minimum absolute atomic E-state index is 0.0225. The van der Waals surface area contributed by atoms with Crippen LogP contribution in [0.15, 0.2) is 4.42 Å². The number of aromatic nitrogens is 1. The molecule has 0 aliphatic heterocycles. The van der Waals surface area contributed by atoms with Crippen molar-refractivity contribution in [2.45, 2.75) is 27.2 Å². The lowest BCUT2D eigenvalue weighted by Crippen LogP contribution is -2.29. The lowest BCUT2D eigenvalue weighted by molar-refractivity contribution is -0.137. The van der Waals surface area contributed by atoms with E-state index in [0.29, 0.717) is 18.1 Å². The lowest BCUT2D eigenvalue weighted by atomic mass is 10.1. The Balaban J connectivity index is 2.50. The summed E-state index contributed by atoms with van der Waals surface area (Å²) < 4.78 is 5.15. The first-order valence-electron chi connectivity index (χ1n) is 5.34. The molecule has 1 atom stereocenters. The van der Waals surface area contributed by atoms with Crippen molar-refractivity contribution >= 4 is 11.9 Å². The fraction of sp³-hybridized carbons (Fsp3) is 0.545. The van der Waals surface area contributed by atoms with E-state index in [1.54, 1.807) is 20.8 Å². The zero-order valence-corrected chi connectivity index (χ0v) is 10.1. The summed E-state index contributed by atoms with van der Waals surface area (Å²) >= 11 is 0. The average Bonchev–Trinajstić information content (AvgIpc) is 2.53. The molecule has 6 heteroatoms. The van der Waals surface area contributed by atoms with Crippen LogP contribution in [0.4, 0.5) is 0 Å². The van der Waals surface area contributed by atoms with E-state index in [-0.39, 0.29) is 24.0 Å². The predicted molar refractivity (Wildman–Crippen MR) is 59.7 cm³/mol. The van der Waals surface area contributed by atoms with Crippen molar-refractivity contribution in [3.63, 3.8) is 0 Å². The number of aliphatic carboxylic acids is 1. The smallest absolute Gasteiger partial charge is 0.303 e. The van der Waals surface area contributed by atoms with Crippen LogP contribution >= 0.6 is 0 Å². The number of carboxylic acid groups (broad SMARTS) is 1. The van der Waals surface area contributed by atoms with Gasteiger partial charge in [-0.25, -0.2) is 4.98 Å². The number of amides is 1. The van der Waals surface area contributed by atoms with E-state index in [1.165, 1.54) is 0 Å². The number of aryl methyl sites for hydroxylation is 2. The van der Waals surface area contributed by atoms with Crippen LogP contribution in [0.5, 0.6) is 0 Å². The van der Waals surface area contributed by atoms with Gasteiger partial charge in [0.2, 0.25) is 5.76 Å². The van der Waals surface area contributed by atoms with E-state index in [9.17, 15) is 9.59 Å². The Hall–Kier alpha value is -1.85. The van der Waals surface area contributed by atoms with E-state index in [1.807, 2.05) is 0 Å². The first kappa shape index (κ1) is 13.2. The maximum absolute atomic E-state index is 11.7. The van der Waals surface area contributed by atoms with Gasteiger partial charge >= 0.3 is 5.97 Å². The summed E-state index contributed by atoms with van der Waals surface area (Å²) in [5.74, 6) is -0.740. The fourth-order valence-corrected chi connectivity index (χ4v) is 1.46. The summed E-state index contributed by atoms with van der Waals surface area (Å²) in [6, 6.07) is 0. The maximum Gasteiger partial charge on any atom is 0.303 e. The molecule has 1 aromatic heterocycles. The molecular weight excluding hydrogens is 224 g/mol. The third-order valence-corrected chi connectivity index (χ3v) is 2.24. The van der Waals surface area contributed by atoms with Crippen LogP contribution < -0.4 is 5.32 Å². The largest absolute Gasteiger partial charge is 0.481 e. The van der Waals surface area contributed by atoms with Crippen molar-refractivity contribution in [3.8, 4) is 0 Å². The van der Waals surface area contributed by atoms with Crippen LogP contribution in [0.2, 0.25) is 0 Å². The van der Waals surface area contributed by atoms with Crippen molar-refractivity contribution < 1.29 is 19.1 Å². The molecule has 1 heterocycles. The molecule has 17 heavy (non-hydrogen) atoms. The molecule has 0 aliphatic carbocycles. The van der Waals surface area contributed by atoms with Gasteiger partial charge in [0.1, 0.15) is 0 Å². The molecule has 1 aromatic rings. The second-order valence-electron chi connectivity index (χ2n) is 4.06. The van der Waals surface area contributed by atoms with Gasteiger partial charge in [0.15, 0.2) is 5.89 Å². The molecule has 0 fully saturated rings. The summed E-state index contributed by atoms with van der Waals surface area (Å²) in [4.78, 5) is 26.1. The van der Waals surface area contributed by atoms with Gasteiger partial charge in [-0.1, -0.05) is 6.92 Å². The molecular formula is C11H16N2O4. The fourth-order valence-electron chi connectivity index (χ4n) is 1.46. The zero-order valence-electron chi connectivity index (χ0n) is 10.1. The highest BCUT2D eigenvalue weighted by Crippen LogP contribution is 2.09. The van der Waals surface area contributed by atoms with E-state index in [2.05, 4.69) is 10.3 Å². The summed E-state index contributed by atoms with van der Waals surface area (Å²) in [5, 5.41) is 11.2. The SMILES string of the molecule is Cc1nc(C)c(C(=O)NC[C@H](C)CC(=O)O)o1. The summed E-state index contributed by atoms with van der Waals surface area (Å²) in [7, 11) is 0. The van der Waals surface area contributed by atoms with Gasteiger partial charge in [-0.2, -0.15) is 0 Å². The Kier molecular flexibility index (Phi) is 4.25. The second kappa shape index (κ2) is 5.47. The first-order valence-corrected chi connectivity index (χ1v) is 5.34. The molecule has 1 amide bonds. The molecule has 0 bridgehead atoms. The second-order valence-corrected chi connectivity index (χ2v) is 4.06. The molecule has 0 saturated carbocycles. The lowest BCUT2D eigenvalue weighted by Gasteiger charge is -2.09. The van der Waals surface area contributed by atoms with Gasteiger partial charge in [0.25, 0.3) is 5.91 Å². The Bertz CT molecular complexity index is 425. The molecule has 2 N–H and O–H groups in total. The molecule has 0 aromatic carbocycles. The topological polar surface area (TPSA) is 92.4 Å². The standard InChI is InChI=1S/C11H16N2O4/c1-6(4-9(14)15)5-12-11(16)10-7(2)13-8(3)17-10/h6H,4-5H2,1-3H3,(H,12,16)(H,14,15)/t6-/m1/s1. The highest BCUT2D eigenvalue weighted by atomic mass is 16.4. The van der Waals surface area contributed by atoms with E-state index in [4.69, 9.17) is 9.52 Å². The molecule has 6 nitrogen and oxygen atoms in total. The van der Waals surface area contributed by atoms with Crippen molar-refractivity contribution in [2.75, 3.05) is 6.54 Å². The number of nitrogens with zero attached hydrogens (tertiary/aromatic N) is 1. The summed E-state index contributed by atoms with van der Waals surface area (Å²) in [6.07, 6.45) is 0.0225. The highest BCUT2D eigenvalue weighted by molar-refractivity contribution is 5.92. The van der Waals surface area contributed by atoms with Crippen LogP contribution in [-0.4, -0.2) is 28.5 Å². The summed E-state index contributed by atoms with van der Waals surface area (Å²) in [6.45, 7) is 5.40. The normalized spacial score (nSPS) is 12.2. The van der Waals surface area contributed by atoms with E-state index in [0.717, 1.165) is 0 Å². The van der Waals surface area contributed by atoms with Crippen molar-refractivity contribution in [2.24, 2.45) is 5.92 Å². The highest BCUT2D eigenvalue weighted by Gasteiger charge is 2.16. The molecule has 94 valence electrons. The number of hydrogen-bond acceptors (Lipinski definition) is 4. The van der Waals surface area contributed by atoms with Crippen molar-refractivity contribution in [1.29, 1.82) is 0 Å². The number of oxazole rings is 1. The third-order valence-electron chi connectivity index (χ3n) is 2.24. The molecule has 0 aliphatic rings. The molecule has 0 spiro atoms. The minimum Gasteiger partial charge on any atom is -0.481 e. The number of rotatable bonds is 5. The predicted octanol–water partition coefficient (Wildman–Crippen LogP) is 1.13. The van der Waals surface area contributed by atoms with Gasteiger partial charge in [-0.15, -0.1) is 0 Å². The van der Waals surface area contributed by atoms with Gasteiger partial charge < -0.3 is 14.8 Å².